The van der Waals surface area contributed by atoms with E-state index < -0.39 is 0 Å². The van der Waals surface area contributed by atoms with Crippen molar-refractivity contribution in [3.63, 3.8) is 0 Å². The second-order valence-electron chi connectivity index (χ2n) is 4.74. The summed E-state index contributed by atoms with van der Waals surface area (Å²) in [6, 6.07) is 9.50. The van der Waals surface area contributed by atoms with Gasteiger partial charge in [-0.25, -0.2) is 0 Å². The Labute approximate surface area is 98.4 Å². The maximum absolute atomic E-state index is 3.66. The highest BCUT2D eigenvalue weighted by Gasteiger charge is 2.10. The molecule has 1 aromatic rings. The standard InChI is InChI=1S/C14H22N2/c1-12-4-6-13(7-5-12)11-16-14-3-2-9-15-10-8-14/h4-7,14-16H,2-3,8-11H2,1H3. The normalized spacial score (nSPS) is 21.7. The quantitative estimate of drug-likeness (QED) is 0.813. The van der Waals surface area contributed by atoms with Gasteiger partial charge in [-0.2, -0.15) is 0 Å². The molecule has 16 heavy (non-hydrogen) atoms. The molecule has 2 heteroatoms. The molecule has 2 nitrogen and oxygen atoms in total. The molecular formula is C14H22N2. The van der Waals surface area contributed by atoms with Crippen LogP contribution in [0.15, 0.2) is 24.3 Å². The first-order chi connectivity index (χ1) is 7.84. The van der Waals surface area contributed by atoms with Crippen molar-refractivity contribution in [2.75, 3.05) is 13.1 Å². The van der Waals surface area contributed by atoms with Gasteiger partial charge in [-0.1, -0.05) is 29.8 Å². The van der Waals surface area contributed by atoms with Crippen LogP contribution in [0.25, 0.3) is 0 Å². The van der Waals surface area contributed by atoms with Gasteiger partial charge >= 0.3 is 0 Å². The molecule has 0 spiro atoms. The first-order valence-electron chi connectivity index (χ1n) is 6.34. The zero-order chi connectivity index (χ0) is 11.2. The Morgan fingerprint density at radius 3 is 2.81 bits per heavy atom. The molecule has 1 aromatic carbocycles. The molecule has 0 radical (unpaired) electrons. The van der Waals surface area contributed by atoms with Crippen molar-refractivity contribution in [1.82, 2.24) is 10.6 Å². The smallest absolute Gasteiger partial charge is 0.0208 e. The van der Waals surface area contributed by atoms with Crippen molar-refractivity contribution in [2.45, 2.75) is 38.8 Å². The van der Waals surface area contributed by atoms with E-state index in [-0.39, 0.29) is 0 Å². The van der Waals surface area contributed by atoms with Crippen LogP contribution in [-0.4, -0.2) is 19.1 Å². The first kappa shape index (κ1) is 11.6. The molecule has 0 saturated carbocycles. The van der Waals surface area contributed by atoms with Crippen molar-refractivity contribution >= 4 is 0 Å². The van der Waals surface area contributed by atoms with Crippen LogP contribution in [0.5, 0.6) is 0 Å². The van der Waals surface area contributed by atoms with Crippen LogP contribution in [0, 0.1) is 6.92 Å². The topological polar surface area (TPSA) is 24.1 Å². The maximum Gasteiger partial charge on any atom is 0.0208 e. The number of aryl methyl sites for hydroxylation is 1. The highest BCUT2D eigenvalue weighted by Crippen LogP contribution is 2.07. The Bertz CT molecular complexity index is 297. The molecule has 2 rings (SSSR count). The van der Waals surface area contributed by atoms with Gasteiger partial charge in [-0.15, -0.1) is 0 Å². The van der Waals surface area contributed by atoms with E-state index in [9.17, 15) is 0 Å². The summed E-state index contributed by atoms with van der Waals surface area (Å²) < 4.78 is 0. The Kier molecular flexibility index (Phi) is 4.37. The van der Waals surface area contributed by atoms with E-state index in [4.69, 9.17) is 0 Å². The molecule has 0 bridgehead atoms. The molecule has 1 atom stereocenters. The molecule has 1 saturated heterocycles. The van der Waals surface area contributed by atoms with Crippen LogP contribution in [0.3, 0.4) is 0 Å². The summed E-state index contributed by atoms with van der Waals surface area (Å²) in [7, 11) is 0. The van der Waals surface area contributed by atoms with E-state index in [0.717, 1.165) is 13.1 Å². The fraction of sp³-hybridized carbons (Fsp3) is 0.571. The molecule has 1 aliphatic rings. The average Bonchev–Trinajstić information content (AvgIpc) is 2.57. The summed E-state index contributed by atoms with van der Waals surface area (Å²) in [5.41, 5.74) is 2.73. The average molecular weight is 218 g/mol. The summed E-state index contributed by atoms with van der Waals surface area (Å²) >= 11 is 0. The van der Waals surface area contributed by atoms with Crippen LogP contribution in [0.4, 0.5) is 0 Å². The summed E-state index contributed by atoms with van der Waals surface area (Å²) in [6.07, 6.45) is 3.86. The predicted molar refractivity (Wildman–Crippen MR) is 68.5 cm³/mol. The highest BCUT2D eigenvalue weighted by atomic mass is 14.9. The molecule has 2 N–H and O–H groups in total. The molecule has 1 unspecified atom stereocenters. The monoisotopic (exact) mass is 218 g/mol. The summed E-state index contributed by atoms with van der Waals surface area (Å²) in [4.78, 5) is 0. The van der Waals surface area contributed by atoms with Crippen molar-refractivity contribution in [3.8, 4) is 0 Å². The van der Waals surface area contributed by atoms with Crippen LogP contribution < -0.4 is 10.6 Å². The molecule has 1 aliphatic heterocycles. The third kappa shape index (κ3) is 3.62. The number of rotatable bonds is 3. The lowest BCUT2D eigenvalue weighted by Crippen LogP contribution is -2.29. The Morgan fingerprint density at radius 2 is 2.00 bits per heavy atom. The third-order valence-corrected chi connectivity index (χ3v) is 3.29. The zero-order valence-corrected chi connectivity index (χ0v) is 10.1. The van der Waals surface area contributed by atoms with Crippen molar-refractivity contribution in [1.29, 1.82) is 0 Å². The lowest BCUT2D eigenvalue weighted by molar-refractivity contribution is 0.468. The van der Waals surface area contributed by atoms with Gasteiger partial charge in [0.1, 0.15) is 0 Å². The van der Waals surface area contributed by atoms with Crippen molar-refractivity contribution < 1.29 is 0 Å². The van der Waals surface area contributed by atoms with Gasteiger partial charge in [0.15, 0.2) is 0 Å². The highest BCUT2D eigenvalue weighted by molar-refractivity contribution is 5.21. The van der Waals surface area contributed by atoms with E-state index in [0.29, 0.717) is 6.04 Å². The fourth-order valence-corrected chi connectivity index (χ4v) is 2.19. The molecule has 0 amide bonds. The largest absolute Gasteiger partial charge is 0.317 e. The number of hydrogen-bond donors (Lipinski definition) is 2. The minimum absolute atomic E-state index is 0.691. The van der Waals surface area contributed by atoms with E-state index in [1.54, 1.807) is 0 Å². The molecule has 88 valence electrons. The van der Waals surface area contributed by atoms with Gasteiger partial charge in [0.2, 0.25) is 0 Å². The molecule has 1 heterocycles. The van der Waals surface area contributed by atoms with E-state index in [2.05, 4.69) is 41.8 Å². The first-order valence-corrected chi connectivity index (χ1v) is 6.34. The number of nitrogens with one attached hydrogen (secondary N) is 2. The van der Waals surface area contributed by atoms with Crippen molar-refractivity contribution in [3.05, 3.63) is 35.4 Å². The molecule has 0 aliphatic carbocycles. The Hall–Kier alpha value is -0.860. The minimum Gasteiger partial charge on any atom is -0.317 e. The van der Waals surface area contributed by atoms with Crippen LogP contribution in [0.2, 0.25) is 0 Å². The Balaban J connectivity index is 1.79. The Morgan fingerprint density at radius 1 is 1.19 bits per heavy atom. The van der Waals surface area contributed by atoms with E-state index in [1.165, 1.54) is 36.9 Å². The SMILES string of the molecule is Cc1ccc(CNC2CCCNCC2)cc1. The van der Waals surface area contributed by atoms with E-state index >= 15 is 0 Å². The third-order valence-electron chi connectivity index (χ3n) is 3.29. The van der Waals surface area contributed by atoms with Crippen LogP contribution in [0.1, 0.15) is 30.4 Å². The number of hydrogen-bond acceptors (Lipinski definition) is 2. The van der Waals surface area contributed by atoms with Gasteiger partial charge in [0, 0.05) is 12.6 Å². The second-order valence-corrected chi connectivity index (χ2v) is 4.74. The minimum atomic E-state index is 0.691. The van der Waals surface area contributed by atoms with Gasteiger partial charge in [-0.05, 0) is 44.8 Å². The molecule has 1 fully saturated rings. The lowest BCUT2D eigenvalue weighted by atomic mass is 10.1. The summed E-state index contributed by atoms with van der Waals surface area (Å²) in [5.74, 6) is 0. The van der Waals surface area contributed by atoms with Gasteiger partial charge in [0.25, 0.3) is 0 Å². The van der Waals surface area contributed by atoms with Gasteiger partial charge in [-0.3, -0.25) is 0 Å². The lowest BCUT2D eigenvalue weighted by Gasteiger charge is -2.15. The van der Waals surface area contributed by atoms with Gasteiger partial charge in [0.05, 0.1) is 0 Å². The van der Waals surface area contributed by atoms with Crippen molar-refractivity contribution in [2.24, 2.45) is 0 Å². The second kappa shape index (κ2) is 6.02. The van der Waals surface area contributed by atoms with Crippen LogP contribution >= 0.6 is 0 Å². The van der Waals surface area contributed by atoms with Gasteiger partial charge < -0.3 is 10.6 Å². The summed E-state index contributed by atoms with van der Waals surface area (Å²) in [6.45, 7) is 5.48. The summed E-state index contributed by atoms with van der Waals surface area (Å²) in [5, 5.41) is 7.10. The van der Waals surface area contributed by atoms with E-state index in [1.807, 2.05) is 0 Å². The van der Waals surface area contributed by atoms with Crippen LogP contribution in [-0.2, 0) is 6.54 Å². The predicted octanol–water partition coefficient (Wildman–Crippen LogP) is 2.23. The maximum atomic E-state index is 3.66. The zero-order valence-electron chi connectivity index (χ0n) is 10.1. The molecule has 0 aromatic heterocycles. The fourth-order valence-electron chi connectivity index (χ4n) is 2.19. The number of benzene rings is 1. The molecular weight excluding hydrogens is 196 g/mol.